The van der Waals surface area contributed by atoms with Gasteiger partial charge in [-0.2, -0.15) is 0 Å². The maximum Gasteiger partial charge on any atom is 0.119 e. The highest BCUT2D eigenvalue weighted by Gasteiger charge is 2.03. The highest BCUT2D eigenvalue weighted by molar-refractivity contribution is 5.27. The smallest absolute Gasteiger partial charge is 0.119 e. The molecular weight excluding hydrogens is 218 g/mol. The number of benzene rings is 1. The number of aliphatic hydroxyl groups is 1. The van der Waals surface area contributed by atoms with Crippen molar-refractivity contribution in [2.24, 2.45) is 0 Å². The van der Waals surface area contributed by atoms with Crippen LogP contribution in [0, 0.1) is 0 Å². The Morgan fingerprint density at radius 3 is 2.94 bits per heavy atom. The lowest BCUT2D eigenvalue weighted by Gasteiger charge is -2.11. The van der Waals surface area contributed by atoms with E-state index in [1.54, 1.807) is 7.11 Å². The van der Waals surface area contributed by atoms with E-state index in [1.165, 1.54) is 0 Å². The number of hydrogen-bond donors (Lipinski definition) is 2. The zero-order chi connectivity index (χ0) is 12.5. The summed E-state index contributed by atoms with van der Waals surface area (Å²) in [5.74, 6) is 0.819. The predicted octanol–water partition coefficient (Wildman–Crippen LogP) is 1.18. The van der Waals surface area contributed by atoms with E-state index in [1.807, 2.05) is 31.2 Å². The molecule has 0 aliphatic heterocycles. The first-order chi connectivity index (χ1) is 8.26. The minimum Gasteiger partial charge on any atom is -0.497 e. The number of nitrogens with one attached hydrogen (secondary N) is 1. The molecule has 0 amide bonds. The van der Waals surface area contributed by atoms with Crippen LogP contribution in [0.1, 0.15) is 12.5 Å². The molecule has 0 bridgehead atoms. The molecule has 0 saturated heterocycles. The number of rotatable bonds is 8. The lowest BCUT2D eigenvalue weighted by atomic mass is 10.2. The summed E-state index contributed by atoms with van der Waals surface area (Å²) in [7, 11) is 1.64. The van der Waals surface area contributed by atoms with Crippen LogP contribution in [0.5, 0.6) is 5.75 Å². The zero-order valence-electron chi connectivity index (χ0n) is 10.5. The molecule has 0 aliphatic rings. The van der Waals surface area contributed by atoms with Crippen LogP contribution >= 0.6 is 0 Å². The van der Waals surface area contributed by atoms with Crippen molar-refractivity contribution in [2.75, 3.05) is 26.8 Å². The average molecular weight is 239 g/mol. The van der Waals surface area contributed by atoms with Gasteiger partial charge in [-0.05, 0) is 24.2 Å². The third-order valence-electron chi connectivity index (χ3n) is 2.34. The van der Waals surface area contributed by atoms with Gasteiger partial charge < -0.3 is 19.9 Å². The van der Waals surface area contributed by atoms with Crippen LogP contribution in [0.4, 0.5) is 0 Å². The molecule has 17 heavy (non-hydrogen) atoms. The van der Waals surface area contributed by atoms with Gasteiger partial charge in [-0.3, -0.25) is 0 Å². The maximum absolute atomic E-state index is 9.55. The second kappa shape index (κ2) is 8.06. The summed E-state index contributed by atoms with van der Waals surface area (Å²) in [5.41, 5.74) is 1.04. The minimum absolute atomic E-state index is 0.338. The lowest BCUT2D eigenvalue weighted by molar-refractivity contribution is 0.0291. The fourth-order valence-corrected chi connectivity index (χ4v) is 1.44. The van der Waals surface area contributed by atoms with Crippen LogP contribution in [0.2, 0.25) is 0 Å². The Kier molecular flexibility index (Phi) is 6.62. The quantitative estimate of drug-likeness (QED) is 0.715. The summed E-state index contributed by atoms with van der Waals surface area (Å²) in [6.07, 6.45) is -0.458. The third-order valence-corrected chi connectivity index (χ3v) is 2.34. The number of ether oxygens (including phenoxy) is 2. The molecule has 96 valence electrons. The Hall–Kier alpha value is -1.10. The number of aliphatic hydroxyl groups excluding tert-OH is 1. The first-order valence-electron chi connectivity index (χ1n) is 5.85. The molecule has 0 heterocycles. The molecule has 0 saturated carbocycles. The zero-order valence-corrected chi connectivity index (χ0v) is 10.5. The van der Waals surface area contributed by atoms with Crippen molar-refractivity contribution < 1.29 is 14.6 Å². The van der Waals surface area contributed by atoms with Gasteiger partial charge in [-0.15, -0.1) is 0 Å². The lowest BCUT2D eigenvalue weighted by Crippen LogP contribution is -2.30. The molecule has 0 fully saturated rings. The van der Waals surface area contributed by atoms with Crippen molar-refractivity contribution in [3.8, 4) is 5.75 Å². The molecule has 4 nitrogen and oxygen atoms in total. The monoisotopic (exact) mass is 239 g/mol. The predicted molar refractivity (Wildman–Crippen MR) is 67.2 cm³/mol. The Morgan fingerprint density at radius 2 is 2.24 bits per heavy atom. The molecule has 1 aromatic carbocycles. The van der Waals surface area contributed by atoms with Crippen molar-refractivity contribution >= 4 is 0 Å². The van der Waals surface area contributed by atoms with Gasteiger partial charge in [-0.25, -0.2) is 0 Å². The Bertz CT molecular complexity index is 317. The molecule has 1 atom stereocenters. The third kappa shape index (κ3) is 5.68. The summed E-state index contributed by atoms with van der Waals surface area (Å²) in [6.45, 7) is 4.25. The van der Waals surface area contributed by atoms with Crippen molar-refractivity contribution in [1.29, 1.82) is 0 Å². The van der Waals surface area contributed by atoms with Crippen LogP contribution in [0.25, 0.3) is 0 Å². The van der Waals surface area contributed by atoms with E-state index in [0.29, 0.717) is 19.8 Å². The van der Waals surface area contributed by atoms with E-state index in [2.05, 4.69) is 5.32 Å². The molecule has 0 aromatic heterocycles. The minimum atomic E-state index is -0.458. The summed E-state index contributed by atoms with van der Waals surface area (Å²) in [4.78, 5) is 0. The van der Waals surface area contributed by atoms with Crippen molar-refractivity contribution in [3.63, 3.8) is 0 Å². The van der Waals surface area contributed by atoms with Crippen LogP contribution in [-0.2, 0) is 11.3 Å². The van der Waals surface area contributed by atoms with Gasteiger partial charge in [-0.1, -0.05) is 19.1 Å². The summed E-state index contributed by atoms with van der Waals surface area (Å²) < 4.78 is 10.6. The van der Waals surface area contributed by atoms with Gasteiger partial charge in [0, 0.05) is 6.54 Å². The molecule has 0 radical (unpaired) electrons. The molecule has 1 rings (SSSR count). The molecule has 2 N–H and O–H groups in total. The van der Waals surface area contributed by atoms with E-state index in [9.17, 15) is 5.11 Å². The van der Waals surface area contributed by atoms with E-state index < -0.39 is 6.10 Å². The fourth-order valence-electron chi connectivity index (χ4n) is 1.44. The van der Waals surface area contributed by atoms with Gasteiger partial charge in [0.2, 0.25) is 0 Å². The molecule has 4 heteroatoms. The van der Waals surface area contributed by atoms with Gasteiger partial charge in [0.1, 0.15) is 5.75 Å². The largest absolute Gasteiger partial charge is 0.497 e. The number of hydrogen-bond acceptors (Lipinski definition) is 4. The second-order valence-electron chi connectivity index (χ2n) is 3.83. The molecule has 1 unspecified atom stereocenters. The van der Waals surface area contributed by atoms with Crippen molar-refractivity contribution in [1.82, 2.24) is 5.32 Å². The van der Waals surface area contributed by atoms with E-state index in [4.69, 9.17) is 9.47 Å². The number of likely N-dealkylation sites (N-methyl/N-ethyl adjacent to an activating group) is 1. The highest BCUT2D eigenvalue weighted by atomic mass is 16.5. The first kappa shape index (κ1) is 14.0. The van der Waals surface area contributed by atoms with Crippen LogP contribution in [0.15, 0.2) is 24.3 Å². The topological polar surface area (TPSA) is 50.7 Å². The normalized spacial score (nSPS) is 12.4. The Morgan fingerprint density at radius 1 is 1.41 bits per heavy atom. The molecule has 0 spiro atoms. The van der Waals surface area contributed by atoms with Crippen molar-refractivity contribution in [3.05, 3.63) is 29.8 Å². The summed E-state index contributed by atoms with van der Waals surface area (Å²) >= 11 is 0. The molecule has 1 aromatic rings. The van der Waals surface area contributed by atoms with Crippen LogP contribution in [-0.4, -0.2) is 38.0 Å². The van der Waals surface area contributed by atoms with E-state index in [-0.39, 0.29) is 0 Å². The highest BCUT2D eigenvalue weighted by Crippen LogP contribution is 2.13. The fraction of sp³-hybridized carbons (Fsp3) is 0.538. The Balaban J connectivity index is 2.25. The standard InChI is InChI=1S/C13H21NO3/c1-3-14-8-12(15)10-17-9-11-5-4-6-13(7-11)16-2/h4-7,12,14-15H,3,8-10H2,1-2H3. The summed E-state index contributed by atoms with van der Waals surface area (Å²) in [6, 6.07) is 7.71. The summed E-state index contributed by atoms with van der Waals surface area (Å²) in [5, 5.41) is 12.6. The van der Waals surface area contributed by atoms with Gasteiger partial charge in [0.05, 0.1) is 26.4 Å². The Labute approximate surface area is 103 Å². The molecule has 0 aliphatic carbocycles. The van der Waals surface area contributed by atoms with Crippen LogP contribution in [0.3, 0.4) is 0 Å². The van der Waals surface area contributed by atoms with Gasteiger partial charge in [0.25, 0.3) is 0 Å². The number of methoxy groups -OCH3 is 1. The van der Waals surface area contributed by atoms with Crippen molar-refractivity contribution in [2.45, 2.75) is 19.6 Å². The van der Waals surface area contributed by atoms with E-state index >= 15 is 0 Å². The first-order valence-corrected chi connectivity index (χ1v) is 5.85. The second-order valence-corrected chi connectivity index (χ2v) is 3.83. The van der Waals surface area contributed by atoms with Gasteiger partial charge >= 0.3 is 0 Å². The average Bonchev–Trinajstić information content (AvgIpc) is 2.36. The molecular formula is C13H21NO3. The SMILES string of the molecule is CCNCC(O)COCc1cccc(OC)c1. The maximum atomic E-state index is 9.55. The van der Waals surface area contributed by atoms with Crippen LogP contribution < -0.4 is 10.1 Å². The van der Waals surface area contributed by atoms with E-state index in [0.717, 1.165) is 17.9 Å². The van der Waals surface area contributed by atoms with Gasteiger partial charge in [0.15, 0.2) is 0 Å².